The van der Waals surface area contributed by atoms with Gasteiger partial charge >= 0.3 is 0 Å². The molecule has 3 aliphatic rings. The molecule has 1 aliphatic carbocycles. The summed E-state index contributed by atoms with van der Waals surface area (Å²) in [5.41, 5.74) is -0.522. The van der Waals surface area contributed by atoms with Crippen LogP contribution in [0.15, 0.2) is 24.3 Å². The molecule has 2 heterocycles. The molecule has 3 amide bonds. The number of Topliss-reactive ketones (excluding diaryl/α,β-unsaturated/α-hetero) is 1. The van der Waals surface area contributed by atoms with Crippen LogP contribution in [-0.4, -0.2) is 59.5 Å². The van der Waals surface area contributed by atoms with E-state index < -0.39 is 5.41 Å². The summed E-state index contributed by atoms with van der Waals surface area (Å²) in [6.45, 7) is 2.83. The van der Waals surface area contributed by atoms with Gasteiger partial charge in [-0.05, 0) is 43.4 Å². The molecule has 2 saturated heterocycles. The summed E-state index contributed by atoms with van der Waals surface area (Å²) in [6.07, 6.45) is 3.65. The van der Waals surface area contributed by atoms with Crippen LogP contribution in [0.3, 0.4) is 0 Å². The highest BCUT2D eigenvalue weighted by molar-refractivity contribution is 6.11. The van der Waals surface area contributed by atoms with Crippen molar-refractivity contribution in [3.05, 3.63) is 29.8 Å². The second-order valence-corrected chi connectivity index (χ2v) is 8.96. The molecule has 166 valence electrons. The van der Waals surface area contributed by atoms with Crippen molar-refractivity contribution >= 4 is 23.5 Å². The Morgan fingerprint density at radius 2 is 1.84 bits per heavy atom. The number of nitrogens with zero attached hydrogens (tertiary/aromatic N) is 2. The van der Waals surface area contributed by atoms with Crippen molar-refractivity contribution in [3.63, 3.8) is 0 Å². The van der Waals surface area contributed by atoms with E-state index in [1.165, 1.54) is 4.90 Å². The Labute approximate surface area is 182 Å². The van der Waals surface area contributed by atoms with E-state index in [1.807, 2.05) is 6.92 Å². The largest absolute Gasteiger partial charge is 0.497 e. The monoisotopic (exact) mass is 426 g/mol. The van der Waals surface area contributed by atoms with Crippen molar-refractivity contribution in [2.45, 2.75) is 63.3 Å². The third-order valence-corrected chi connectivity index (χ3v) is 6.94. The van der Waals surface area contributed by atoms with E-state index in [1.54, 1.807) is 36.3 Å². The fraction of sp³-hybridized carbons (Fsp3) is 0.583. The number of amides is 3. The Morgan fingerprint density at radius 1 is 1.13 bits per heavy atom. The second kappa shape index (κ2) is 8.44. The summed E-state index contributed by atoms with van der Waals surface area (Å²) in [4.78, 5) is 55.0. The summed E-state index contributed by atoms with van der Waals surface area (Å²) in [5.74, 6) is 0.0598. The molecular weight excluding hydrogens is 396 g/mol. The van der Waals surface area contributed by atoms with Crippen LogP contribution < -0.4 is 4.74 Å². The number of hydrogen-bond donors (Lipinski definition) is 0. The molecule has 0 radical (unpaired) electrons. The maximum atomic E-state index is 13.6. The topological polar surface area (TPSA) is 84.0 Å². The quantitative estimate of drug-likeness (QED) is 0.626. The van der Waals surface area contributed by atoms with Gasteiger partial charge in [0.2, 0.25) is 17.7 Å². The molecule has 4 rings (SSSR count). The summed E-state index contributed by atoms with van der Waals surface area (Å²) < 4.78 is 5.23. The van der Waals surface area contributed by atoms with Crippen LogP contribution in [0.25, 0.3) is 0 Å². The lowest BCUT2D eigenvalue weighted by Gasteiger charge is -2.35. The Kier molecular flexibility index (Phi) is 5.86. The molecule has 3 fully saturated rings. The fourth-order valence-electron chi connectivity index (χ4n) is 4.97. The number of carbonyl (C=O) groups excluding carboxylic acids is 4. The standard InChI is InChI=1S/C24H30N2O5/c1-3-20(27)16-5-4-12-25(15-16)21(28)13-24(17-6-10-19(31-2)11-7-17)14-22(29)26(23(24)30)18-8-9-18/h6-7,10-11,16,18H,3-5,8-9,12-15H2,1-2H3/t16-,24-/m1/s1. The predicted octanol–water partition coefficient (Wildman–Crippen LogP) is 2.46. The lowest BCUT2D eigenvalue weighted by Crippen LogP contribution is -2.47. The van der Waals surface area contributed by atoms with Gasteiger partial charge in [-0.25, -0.2) is 0 Å². The molecule has 0 bridgehead atoms. The lowest BCUT2D eigenvalue weighted by atomic mass is 9.75. The third kappa shape index (κ3) is 3.98. The fourth-order valence-corrected chi connectivity index (χ4v) is 4.97. The molecule has 0 aromatic heterocycles. The molecular formula is C24H30N2O5. The number of ether oxygens (including phenoxy) is 1. The third-order valence-electron chi connectivity index (χ3n) is 6.94. The van der Waals surface area contributed by atoms with Gasteiger partial charge in [0.25, 0.3) is 0 Å². The highest BCUT2D eigenvalue weighted by atomic mass is 16.5. The number of methoxy groups -OCH3 is 1. The summed E-state index contributed by atoms with van der Waals surface area (Å²) in [5, 5.41) is 0. The first-order valence-electron chi connectivity index (χ1n) is 11.2. The SMILES string of the molecule is CCC(=O)[C@@H]1CCCN(C(=O)C[C@]2(c3ccc(OC)cc3)CC(=O)N(C3CC3)C2=O)C1. The number of hydrogen-bond acceptors (Lipinski definition) is 5. The van der Waals surface area contributed by atoms with Crippen LogP contribution in [0.4, 0.5) is 0 Å². The van der Waals surface area contributed by atoms with Crippen LogP contribution in [0.2, 0.25) is 0 Å². The van der Waals surface area contributed by atoms with Crippen molar-refractivity contribution in [1.29, 1.82) is 0 Å². The molecule has 7 heteroatoms. The van der Waals surface area contributed by atoms with E-state index in [2.05, 4.69) is 0 Å². The van der Waals surface area contributed by atoms with Gasteiger partial charge in [-0.2, -0.15) is 0 Å². The van der Waals surface area contributed by atoms with Crippen molar-refractivity contribution in [1.82, 2.24) is 9.80 Å². The van der Waals surface area contributed by atoms with Crippen LogP contribution >= 0.6 is 0 Å². The number of ketones is 1. The van der Waals surface area contributed by atoms with Gasteiger partial charge in [0.1, 0.15) is 11.5 Å². The predicted molar refractivity (Wildman–Crippen MR) is 113 cm³/mol. The average molecular weight is 427 g/mol. The first-order chi connectivity index (χ1) is 14.9. The zero-order valence-electron chi connectivity index (χ0n) is 18.3. The van der Waals surface area contributed by atoms with Crippen molar-refractivity contribution in [2.75, 3.05) is 20.2 Å². The number of rotatable bonds is 7. The van der Waals surface area contributed by atoms with Gasteiger partial charge in [-0.3, -0.25) is 24.1 Å². The second-order valence-electron chi connectivity index (χ2n) is 8.96. The number of benzene rings is 1. The molecule has 1 saturated carbocycles. The summed E-state index contributed by atoms with van der Waals surface area (Å²) in [7, 11) is 1.57. The minimum absolute atomic E-state index is 0.00552. The van der Waals surface area contributed by atoms with Gasteiger partial charge in [-0.15, -0.1) is 0 Å². The Hall–Kier alpha value is -2.70. The molecule has 1 aromatic carbocycles. The van der Waals surface area contributed by atoms with Gasteiger partial charge in [0.15, 0.2) is 0 Å². The normalized spacial score (nSPS) is 26.3. The number of likely N-dealkylation sites (tertiary alicyclic amines) is 2. The van der Waals surface area contributed by atoms with Gasteiger partial charge < -0.3 is 9.64 Å². The average Bonchev–Trinajstić information content (AvgIpc) is 3.59. The van der Waals surface area contributed by atoms with E-state index in [0.29, 0.717) is 30.8 Å². The first-order valence-corrected chi connectivity index (χ1v) is 11.2. The van der Waals surface area contributed by atoms with Crippen LogP contribution in [0, 0.1) is 5.92 Å². The minimum Gasteiger partial charge on any atom is -0.497 e. The van der Waals surface area contributed by atoms with Gasteiger partial charge in [0.05, 0.1) is 12.5 Å². The van der Waals surface area contributed by atoms with Crippen LogP contribution in [0.1, 0.15) is 57.4 Å². The molecule has 2 atom stereocenters. The number of imide groups is 1. The molecule has 0 unspecified atom stereocenters. The molecule has 31 heavy (non-hydrogen) atoms. The van der Waals surface area contributed by atoms with E-state index in [9.17, 15) is 19.2 Å². The molecule has 7 nitrogen and oxygen atoms in total. The van der Waals surface area contributed by atoms with Crippen LogP contribution in [-0.2, 0) is 24.6 Å². The van der Waals surface area contributed by atoms with Gasteiger partial charge in [-0.1, -0.05) is 19.1 Å². The van der Waals surface area contributed by atoms with E-state index in [-0.39, 0.29) is 48.3 Å². The maximum absolute atomic E-state index is 13.6. The highest BCUT2D eigenvalue weighted by Gasteiger charge is 2.57. The first kappa shape index (κ1) is 21.5. The molecule has 0 spiro atoms. The Morgan fingerprint density at radius 3 is 2.45 bits per heavy atom. The summed E-state index contributed by atoms with van der Waals surface area (Å²) >= 11 is 0. The highest BCUT2D eigenvalue weighted by Crippen LogP contribution is 2.45. The molecule has 1 aromatic rings. The zero-order chi connectivity index (χ0) is 22.2. The Balaban J connectivity index is 1.62. The lowest BCUT2D eigenvalue weighted by molar-refractivity contribution is -0.144. The maximum Gasteiger partial charge on any atom is 0.241 e. The van der Waals surface area contributed by atoms with Crippen LogP contribution in [0.5, 0.6) is 5.75 Å². The van der Waals surface area contributed by atoms with E-state index in [0.717, 1.165) is 25.7 Å². The minimum atomic E-state index is -1.19. The van der Waals surface area contributed by atoms with Crippen molar-refractivity contribution in [2.24, 2.45) is 5.92 Å². The van der Waals surface area contributed by atoms with E-state index in [4.69, 9.17) is 4.74 Å². The smallest absolute Gasteiger partial charge is 0.241 e. The zero-order valence-corrected chi connectivity index (χ0v) is 18.3. The summed E-state index contributed by atoms with van der Waals surface area (Å²) in [6, 6.07) is 7.06. The number of carbonyl (C=O) groups is 4. The molecule has 0 N–H and O–H groups in total. The number of piperidine rings is 1. The van der Waals surface area contributed by atoms with Crippen molar-refractivity contribution < 1.29 is 23.9 Å². The molecule has 2 aliphatic heterocycles. The van der Waals surface area contributed by atoms with Crippen molar-refractivity contribution in [3.8, 4) is 5.75 Å². The Bertz CT molecular complexity index is 892. The van der Waals surface area contributed by atoms with E-state index >= 15 is 0 Å². The van der Waals surface area contributed by atoms with Gasteiger partial charge in [0, 0.05) is 44.3 Å².